The molecule has 0 spiro atoms. The Bertz CT molecular complexity index is 1040. The molecule has 0 amide bonds. The van der Waals surface area contributed by atoms with Gasteiger partial charge in [-0.2, -0.15) is 0 Å². The van der Waals surface area contributed by atoms with Crippen LogP contribution in [0, 0.1) is 6.92 Å². The molecule has 0 aliphatic carbocycles. The van der Waals surface area contributed by atoms with Gasteiger partial charge >= 0.3 is 0 Å². The Labute approximate surface area is 187 Å². The molecular weight excluding hydrogens is 404 g/mol. The summed E-state index contributed by atoms with van der Waals surface area (Å²) in [4.78, 5) is 2.94. The first kappa shape index (κ1) is 23.2. The highest BCUT2D eigenvalue weighted by Gasteiger charge is 2.30. The van der Waals surface area contributed by atoms with Crippen LogP contribution < -0.4 is 9.80 Å². The van der Waals surface area contributed by atoms with Gasteiger partial charge in [0.05, 0.1) is 19.0 Å². The summed E-state index contributed by atoms with van der Waals surface area (Å²) in [5.41, 5.74) is 3.55. The molecule has 0 fully saturated rings. The number of hydrogen-bond acceptors (Lipinski definition) is 2. The number of hydrogen-bond donors (Lipinski definition) is 2. The Morgan fingerprint density at radius 3 is 1.81 bits per heavy atom. The van der Waals surface area contributed by atoms with Crippen molar-refractivity contribution in [2.24, 2.45) is 0 Å². The number of quaternary nitrogens is 2. The summed E-state index contributed by atoms with van der Waals surface area (Å²) in [6, 6.07) is 27.9. The lowest BCUT2D eigenvalue weighted by Crippen LogP contribution is -3.20. The van der Waals surface area contributed by atoms with E-state index in [1.807, 2.05) is 43.3 Å². The normalized spacial score (nSPS) is 14.7. The van der Waals surface area contributed by atoms with Crippen molar-refractivity contribution in [3.63, 3.8) is 0 Å². The van der Waals surface area contributed by atoms with E-state index in [0.717, 1.165) is 25.2 Å². The molecule has 3 rings (SSSR count). The van der Waals surface area contributed by atoms with Crippen molar-refractivity contribution in [1.29, 1.82) is 0 Å². The summed E-state index contributed by atoms with van der Waals surface area (Å²) >= 11 is 0. The van der Waals surface area contributed by atoms with Crippen molar-refractivity contribution in [1.82, 2.24) is 0 Å². The summed E-state index contributed by atoms with van der Waals surface area (Å²) in [5, 5.41) is 0. The lowest BCUT2D eigenvalue weighted by atomic mass is 10.1. The van der Waals surface area contributed by atoms with Crippen LogP contribution in [0.25, 0.3) is 0 Å². The molecule has 3 aromatic rings. The molecule has 0 saturated carbocycles. The van der Waals surface area contributed by atoms with Gasteiger partial charge < -0.3 is 9.80 Å². The second-order valence-electron chi connectivity index (χ2n) is 8.62. The third kappa shape index (κ3) is 7.03. The maximum absolute atomic E-state index is 13.2. The molecule has 3 aromatic carbocycles. The highest BCUT2D eigenvalue weighted by atomic mass is 32.2. The fourth-order valence-electron chi connectivity index (χ4n) is 3.98. The third-order valence-corrected chi connectivity index (χ3v) is 7.60. The van der Waals surface area contributed by atoms with Crippen LogP contribution in [-0.2, 0) is 22.9 Å². The zero-order valence-electron chi connectivity index (χ0n) is 18.7. The zero-order chi connectivity index (χ0) is 22.3. The summed E-state index contributed by atoms with van der Waals surface area (Å²) in [5.74, 6) is 0.140. The van der Waals surface area contributed by atoms with Crippen LogP contribution in [0.2, 0.25) is 0 Å². The summed E-state index contributed by atoms with van der Waals surface area (Å²) in [6.07, 6.45) is 0. The van der Waals surface area contributed by atoms with Crippen molar-refractivity contribution in [3.8, 4) is 0 Å². The molecule has 0 bridgehead atoms. The van der Waals surface area contributed by atoms with E-state index in [2.05, 4.69) is 50.5 Å². The zero-order valence-corrected chi connectivity index (χ0v) is 19.5. The summed E-state index contributed by atoms with van der Waals surface area (Å²) in [6.45, 7) is 4.42. The molecule has 0 saturated heterocycles. The van der Waals surface area contributed by atoms with Gasteiger partial charge in [-0.05, 0) is 19.1 Å². The Morgan fingerprint density at radius 1 is 0.742 bits per heavy atom. The fourth-order valence-corrected chi connectivity index (χ4v) is 5.66. The second kappa shape index (κ2) is 10.7. The van der Waals surface area contributed by atoms with Crippen LogP contribution in [0.5, 0.6) is 0 Å². The van der Waals surface area contributed by atoms with Crippen LogP contribution in [0.1, 0.15) is 16.7 Å². The lowest BCUT2D eigenvalue weighted by molar-refractivity contribution is -0.969. The van der Waals surface area contributed by atoms with Gasteiger partial charge in [-0.3, -0.25) is 0 Å². The monoisotopic (exact) mass is 438 g/mol. The lowest BCUT2D eigenvalue weighted by Gasteiger charge is -2.27. The summed E-state index contributed by atoms with van der Waals surface area (Å²) < 4.78 is 26.5. The predicted octanol–water partition coefficient (Wildman–Crippen LogP) is 1.57. The molecule has 2 unspecified atom stereocenters. The molecule has 2 N–H and O–H groups in total. The minimum atomic E-state index is -3.37. The van der Waals surface area contributed by atoms with Crippen molar-refractivity contribution < 1.29 is 18.2 Å². The van der Waals surface area contributed by atoms with Crippen molar-refractivity contribution in [2.45, 2.75) is 31.0 Å². The van der Waals surface area contributed by atoms with Crippen LogP contribution in [0.15, 0.2) is 89.8 Å². The van der Waals surface area contributed by atoms with Crippen LogP contribution in [0.3, 0.4) is 0 Å². The number of aryl methyl sites for hydroxylation is 1. The topological polar surface area (TPSA) is 43.0 Å². The molecular formula is C26H34N2O2S+2. The van der Waals surface area contributed by atoms with E-state index in [9.17, 15) is 8.42 Å². The quantitative estimate of drug-likeness (QED) is 0.505. The molecule has 4 nitrogen and oxygen atoms in total. The van der Waals surface area contributed by atoms with Gasteiger partial charge in [0.1, 0.15) is 25.4 Å². The van der Waals surface area contributed by atoms with E-state index in [4.69, 9.17) is 0 Å². The first-order valence-electron chi connectivity index (χ1n) is 10.8. The highest BCUT2D eigenvalue weighted by Crippen LogP contribution is 2.12. The van der Waals surface area contributed by atoms with E-state index in [1.165, 1.54) is 20.9 Å². The molecule has 3 atom stereocenters. The fraction of sp³-hybridized carbons (Fsp3) is 0.308. The Morgan fingerprint density at radius 2 is 1.26 bits per heavy atom. The minimum absolute atomic E-state index is 0.0183. The van der Waals surface area contributed by atoms with Crippen LogP contribution in [0.4, 0.5) is 0 Å². The first-order chi connectivity index (χ1) is 14.8. The third-order valence-electron chi connectivity index (χ3n) is 5.77. The molecule has 0 aromatic heterocycles. The summed E-state index contributed by atoms with van der Waals surface area (Å²) in [7, 11) is 0.890. The standard InChI is InChI=1S/C26H32N2O2S/c1-22-14-16-26(17-15-22)31(29,30)21-25(28(3)19-24-12-8-5-9-13-24)20-27(2)18-23-10-6-4-7-11-23/h4-17,25H,18-21H2,1-3H3/p+2/t25-/m1/s1. The highest BCUT2D eigenvalue weighted by molar-refractivity contribution is 7.91. The first-order valence-corrected chi connectivity index (χ1v) is 12.5. The average Bonchev–Trinajstić information content (AvgIpc) is 2.75. The van der Waals surface area contributed by atoms with Gasteiger partial charge in [0.2, 0.25) is 0 Å². The van der Waals surface area contributed by atoms with Gasteiger partial charge in [0.15, 0.2) is 15.9 Å². The van der Waals surface area contributed by atoms with Crippen LogP contribution >= 0.6 is 0 Å². The Balaban J connectivity index is 1.78. The van der Waals surface area contributed by atoms with E-state index in [0.29, 0.717) is 4.90 Å². The van der Waals surface area contributed by atoms with Crippen molar-refractivity contribution in [2.75, 3.05) is 26.4 Å². The van der Waals surface area contributed by atoms with Crippen molar-refractivity contribution in [3.05, 3.63) is 102 Å². The van der Waals surface area contributed by atoms with E-state index < -0.39 is 9.84 Å². The largest absolute Gasteiger partial charge is 0.329 e. The molecule has 5 heteroatoms. The van der Waals surface area contributed by atoms with Crippen molar-refractivity contribution >= 4 is 9.84 Å². The number of likely N-dealkylation sites (N-methyl/N-ethyl adjacent to an activating group) is 2. The molecule has 0 radical (unpaired) electrons. The van der Waals surface area contributed by atoms with Gasteiger partial charge in [-0.1, -0.05) is 78.4 Å². The predicted molar refractivity (Wildman–Crippen MR) is 126 cm³/mol. The molecule has 164 valence electrons. The second-order valence-corrected chi connectivity index (χ2v) is 10.7. The van der Waals surface area contributed by atoms with Crippen LogP contribution in [-0.4, -0.2) is 40.9 Å². The van der Waals surface area contributed by atoms with Gasteiger partial charge in [-0.15, -0.1) is 0 Å². The maximum Gasteiger partial charge on any atom is 0.184 e. The average molecular weight is 439 g/mol. The molecule has 0 aliphatic rings. The number of benzene rings is 3. The molecule has 31 heavy (non-hydrogen) atoms. The molecule has 0 aliphatic heterocycles. The maximum atomic E-state index is 13.2. The van der Waals surface area contributed by atoms with Gasteiger partial charge in [0, 0.05) is 11.1 Å². The molecule has 0 heterocycles. The Hall–Kier alpha value is -2.47. The van der Waals surface area contributed by atoms with E-state index in [-0.39, 0.29) is 11.8 Å². The Kier molecular flexibility index (Phi) is 8.02. The number of sulfone groups is 1. The number of nitrogens with one attached hydrogen (secondary N) is 2. The SMILES string of the molecule is Cc1ccc(S(=O)(=O)C[C@@H](C[NH+](C)Cc2ccccc2)[NH+](C)Cc2ccccc2)cc1. The van der Waals surface area contributed by atoms with E-state index >= 15 is 0 Å². The number of rotatable bonds is 10. The van der Waals surface area contributed by atoms with Gasteiger partial charge in [0.25, 0.3) is 0 Å². The smallest absolute Gasteiger partial charge is 0.184 e. The minimum Gasteiger partial charge on any atom is -0.329 e. The van der Waals surface area contributed by atoms with E-state index in [1.54, 1.807) is 12.1 Å². The van der Waals surface area contributed by atoms with Gasteiger partial charge in [-0.25, -0.2) is 8.42 Å².